The maximum atomic E-state index is 13.2. The van der Waals surface area contributed by atoms with Gasteiger partial charge in [0, 0.05) is 5.02 Å². The van der Waals surface area contributed by atoms with E-state index in [4.69, 9.17) is 11.6 Å². The summed E-state index contributed by atoms with van der Waals surface area (Å²) in [7, 11) is -4.04. The maximum Gasteiger partial charge on any atom is 0.241 e. The van der Waals surface area contributed by atoms with Crippen molar-refractivity contribution in [2.24, 2.45) is 0 Å². The van der Waals surface area contributed by atoms with Crippen LogP contribution in [0.25, 0.3) is 0 Å². The first kappa shape index (κ1) is 22.9. The highest BCUT2D eigenvalue weighted by Gasteiger charge is 2.27. The number of carbonyl (C=O) groups is 1. The van der Waals surface area contributed by atoms with Crippen molar-refractivity contribution in [1.29, 1.82) is 0 Å². The smallest absolute Gasteiger partial charge is 0.241 e. The van der Waals surface area contributed by atoms with E-state index in [1.54, 1.807) is 31.2 Å². The first-order chi connectivity index (χ1) is 14.7. The van der Waals surface area contributed by atoms with E-state index in [1.807, 2.05) is 30.3 Å². The average molecular weight is 461 g/mol. The zero-order chi connectivity index (χ0) is 22.4. The quantitative estimate of drug-likeness (QED) is 0.527. The van der Waals surface area contributed by atoms with E-state index in [9.17, 15) is 17.6 Å². The number of nitrogens with one attached hydrogen (secondary N) is 2. The Balaban J connectivity index is 1.82. The monoisotopic (exact) mass is 460 g/mol. The van der Waals surface area contributed by atoms with Crippen LogP contribution in [0.5, 0.6) is 0 Å². The summed E-state index contributed by atoms with van der Waals surface area (Å²) in [6.07, 6.45) is 0.153. The van der Waals surface area contributed by atoms with Crippen molar-refractivity contribution in [1.82, 2.24) is 10.0 Å². The van der Waals surface area contributed by atoms with Crippen molar-refractivity contribution in [3.05, 3.63) is 101 Å². The molecule has 0 aliphatic heterocycles. The first-order valence-electron chi connectivity index (χ1n) is 9.62. The van der Waals surface area contributed by atoms with E-state index in [0.717, 1.165) is 35.4 Å². The Labute approximate surface area is 186 Å². The molecule has 2 N–H and O–H groups in total. The average Bonchev–Trinajstić information content (AvgIpc) is 2.74. The van der Waals surface area contributed by atoms with Crippen LogP contribution >= 0.6 is 11.6 Å². The van der Waals surface area contributed by atoms with Crippen molar-refractivity contribution < 1.29 is 17.6 Å². The summed E-state index contributed by atoms with van der Waals surface area (Å²) in [6.45, 7) is 1.80. The lowest BCUT2D eigenvalue weighted by Crippen LogP contribution is -2.48. The van der Waals surface area contributed by atoms with Gasteiger partial charge in [0.1, 0.15) is 11.9 Å². The standard InChI is InChI=1S/C23H22ClFN2O3S/c1-16(18-7-9-19(24)10-8-18)26-23(28)22(15-17-5-3-2-4-6-17)27-31(29,30)21-13-11-20(25)12-14-21/h2-14,16,22,27H,15H2,1H3,(H,26,28)/t16-,22+/m0/s1. The van der Waals surface area contributed by atoms with Crippen molar-refractivity contribution in [2.75, 3.05) is 0 Å². The highest BCUT2D eigenvalue weighted by Crippen LogP contribution is 2.17. The second-order valence-corrected chi connectivity index (χ2v) is 9.25. The number of hydrogen-bond acceptors (Lipinski definition) is 3. The molecule has 0 bridgehead atoms. The topological polar surface area (TPSA) is 75.3 Å². The van der Waals surface area contributed by atoms with Crippen LogP contribution in [0.4, 0.5) is 4.39 Å². The van der Waals surface area contributed by atoms with E-state index >= 15 is 0 Å². The fourth-order valence-electron chi connectivity index (χ4n) is 3.06. The van der Waals surface area contributed by atoms with Gasteiger partial charge in [0.2, 0.25) is 15.9 Å². The number of sulfonamides is 1. The van der Waals surface area contributed by atoms with E-state index < -0.39 is 27.8 Å². The van der Waals surface area contributed by atoms with Gasteiger partial charge in [0.25, 0.3) is 0 Å². The molecule has 0 aliphatic carbocycles. The summed E-state index contributed by atoms with van der Waals surface area (Å²) in [6, 6.07) is 19.1. The molecule has 3 aromatic carbocycles. The Morgan fingerprint density at radius 2 is 1.58 bits per heavy atom. The second-order valence-electron chi connectivity index (χ2n) is 7.10. The van der Waals surface area contributed by atoms with Gasteiger partial charge in [0.15, 0.2) is 0 Å². The Hall–Kier alpha value is -2.74. The molecular weight excluding hydrogens is 439 g/mol. The minimum Gasteiger partial charge on any atom is -0.348 e. The van der Waals surface area contributed by atoms with Crippen molar-refractivity contribution in [3.63, 3.8) is 0 Å². The normalized spacial score (nSPS) is 13.4. The van der Waals surface area contributed by atoms with Gasteiger partial charge in [-0.1, -0.05) is 54.1 Å². The summed E-state index contributed by atoms with van der Waals surface area (Å²) < 4.78 is 41.3. The molecule has 3 rings (SSSR count). The number of halogens is 2. The Morgan fingerprint density at radius 3 is 2.19 bits per heavy atom. The van der Waals surface area contributed by atoms with Crippen LogP contribution in [0.2, 0.25) is 5.02 Å². The third-order valence-electron chi connectivity index (χ3n) is 4.75. The second kappa shape index (κ2) is 10.0. The summed E-state index contributed by atoms with van der Waals surface area (Å²) in [5, 5.41) is 3.43. The molecule has 0 heterocycles. The molecule has 0 unspecified atom stereocenters. The molecule has 0 radical (unpaired) electrons. The Kier molecular flexibility index (Phi) is 7.43. The molecule has 0 fully saturated rings. The van der Waals surface area contributed by atoms with E-state index in [2.05, 4.69) is 10.0 Å². The van der Waals surface area contributed by atoms with Crippen molar-refractivity contribution in [2.45, 2.75) is 30.3 Å². The third kappa shape index (κ3) is 6.37. The minimum absolute atomic E-state index is 0.120. The van der Waals surface area contributed by atoms with E-state index in [-0.39, 0.29) is 17.4 Å². The molecule has 0 saturated carbocycles. The number of hydrogen-bond donors (Lipinski definition) is 2. The van der Waals surface area contributed by atoms with Crippen molar-refractivity contribution in [3.8, 4) is 0 Å². The van der Waals surface area contributed by atoms with Crippen LogP contribution in [0.15, 0.2) is 83.8 Å². The predicted molar refractivity (Wildman–Crippen MR) is 119 cm³/mol. The predicted octanol–water partition coefficient (Wildman–Crippen LogP) is 4.25. The molecule has 2 atom stereocenters. The van der Waals surface area contributed by atoms with Gasteiger partial charge < -0.3 is 5.32 Å². The van der Waals surface area contributed by atoms with Crippen LogP contribution in [0, 0.1) is 5.82 Å². The molecule has 162 valence electrons. The molecule has 31 heavy (non-hydrogen) atoms. The van der Waals surface area contributed by atoms with Gasteiger partial charge in [-0.15, -0.1) is 0 Å². The fourth-order valence-corrected chi connectivity index (χ4v) is 4.38. The first-order valence-corrected chi connectivity index (χ1v) is 11.5. The van der Waals surface area contributed by atoms with Crippen molar-refractivity contribution >= 4 is 27.5 Å². The number of rotatable bonds is 8. The summed E-state index contributed by atoms with van der Waals surface area (Å²) in [5.74, 6) is -1.02. The number of benzene rings is 3. The fraction of sp³-hybridized carbons (Fsp3) is 0.174. The van der Waals surface area contributed by atoms with Gasteiger partial charge in [-0.2, -0.15) is 4.72 Å². The van der Waals surface area contributed by atoms with Gasteiger partial charge in [-0.25, -0.2) is 12.8 Å². The summed E-state index contributed by atoms with van der Waals surface area (Å²) in [4.78, 5) is 12.9. The van der Waals surface area contributed by atoms with Gasteiger partial charge >= 0.3 is 0 Å². The SMILES string of the molecule is C[C@H](NC(=O)[C@@H](Cc1ccccc1)NS(=O)(=O)c1ccc(F)cc1)c1ccc(Cl)cc1. The largest absolute Gasteiger partial charge is 0.348 e. The zero-order valence-corrected chi connectivity index (χ0v) is 18.3. The molecule has 3 aromatic rings. The van der Waals surface area contributed by atoms with Gasteiger partial charge in [-0.3, -0.25) is 4.79 Å². The van der Waals surface area contributed by atoms with Gasteiger partial charge in [-0.05, 0) is 60.9 Å². The molecule has 0 saturated heterocycles. The third-order valence-corrected chi connectivity index (χ3v) is 6.49. The summed E-state index contributed by atoms with van der Waals surface area (Å²) >= 11 is 5.92. The van der Waals surface area contributed by atoms with E-state index in [0.29, 0.717) is 5.02 Å². The lowest BCUT2D eigenvalue weighted by Gasteiger charge is -2.22. The molecule has 0 aliphatic rings. The van der Waals surface area contributed by atoms with Crippen LogP contribution in [0.1, 0.15) is 24.1 Å². The minimum atomic E-state index is -4.04. The maximum absolute atomic E-state index is 13.2. The molecule has 8 heteroatoms. The lowest BCUT2D eigenvalue weighted by atomic mass is 10.0. The van der Waals surface area contributed by atoms with Gasteiger partial charge in [0.05, 0.1) is 10.9 Å². The van der Waals surface area contributed by atoms with Crippen LogP contribution in [-0.4, -0.2) is 20.4 Å². The molecule has 0 aromatic heterocycles. The lowest BCUT2D eigenvalue weighted by molar-refractivity contribution is -0.123. The number of carbonyl (C=O) groups excluding carboxylic acids is 1. The zero-order valence-electron chi connectivity index (χ0n) is 16.8. The molecule has 0 spiro atoms. The molecule has 1 amide bonds. The summed E-state index contributed by atoms with van der Waals surface area (Å²) in [5.41, 5.74) is 1.63. The van der Waals surface area contributed by atoms with E-state index in [1.165, 1.54) is 0 Å². The Morgan fingerprint density at radius 1 is 0.968 bits per heavy atom. The molecular formula is C23H22ClFN2O3S. The van der Waals surface area contributed by atoms with Crippen LogP contribution in [0.3, 0.4) is 0 Å². The number of amides is 1. The highest BCUT2D eigenvalue weighted by atomic mass is 35.5. The highest BCUT2D eigenvalue weighted by molar-refractivity contribution is 7.89. The Bertz CT molecular complexity index is 1120. The molecule has 5 nitrogen and oxygen atoms in total. The van der Waals surface area contributed by atoms with Crippen LogP contribution in [-0.2, 0) is 21.2 Å². The van der Waals surface area contributed by atoms with Crippen LogP contribution < -0.4 is 10.0 Å².